The topological polar surface area (TPSA) is 81.1 Å². The summed E-state index contributed by atoms with van der Waals surface area (Å²) in [5.74, 6) is 0.289. The van der Waals surface area contributed by atoms with Gasteiger partial charge in [-0.15, -0.1) is 0 Å². The van der Waals surface area contributed by atoms with Crippen molar-refractivity contribution in [3.8, 4) is 5.88 Å². The van der Waals surface area contributed by atoms with E-state index in [4.69, 9.17) is 4.74 Å². The van der Waals surface area contributed by atoms with E-state index in [-0.39, 0.29) is 17.5 Å². The molecular weight excluding hydrogens is 320 g/mol. The molecule has 0 radical (unpaired) electrons. The number of hydrogen-bond donors (Lipinski definition) is 2. The molecule has 0 fully saturated rings. The van der Waals surface area contributed by atoms with Crippen LogP contribution >= 0.6 is 0 Å². The lowest BCUT2D eigenvalue weighted by Gasteiger charge is -2.26. The Morgan fingerprint density at radius 2 is 1.92 bits per heavy atom. The minimum atomic E-state index is -0.404. The number of fused-ring (bicyclic) bond motifs is 3. The van der Waals surface area contributed by atoms with Crippen LogP contribution in [-0.2, 0) is 20.5 Å². The van der Waals surface area contributed by atoms with Crippen LogP contribution in [0.3, 0.4) is 0 Å². The molecule has 0 bridgehead atoms. The van der Waals surface area contributed by atoms with Crippen molar-refractivity contribution in [1.29, 1.82) is 0 Å². The molecular formula is C18H20N4O3. The average Bonchev–Trinajstić information content (AvgIpc) is 3.02. The fourth-order valence-electron chi connectivity index (χ4n) is 3.77. The lowest BCUT2D eigenvalue weighted by molar-refractivity contribution is 0.354. The van der Waals surface area contributed by atoms with Gasteiger partial charge in [0.25, 0.3) is 5.56 Å². The van der Waals surface area contributed by atoms with E-state index in [1.807, 2.05) is 18.2 Å². The van der Waals surface area contributed by atoms with Gasteiger partial charge in [0.1, 0.15) is 5.56 Å². The van der Waals surface area contributed by atoms with E-state index in [1.54, 1.807) is 7.05 Å². The van der Waals surface area contributed by atoms with Gasteiger partial charge in [-0.1, -0.05) is 18.2 Å². The largest absolute Gasteiger partial charge is 0.482 e. The van der Waals surface area contributed by atoms with Gasteiger partial charge in [0.2, 0.25) is 5.88 Å². The van der Waals surface area contributed by atoms with E-state index in [9.17, 15) is 9.59 Å². The summed E-state index contributed by atoms with van der Waals surface area (Å²) in [6.45, 7) is 0.745. The predicted octanol–water partition coefficient (Wildman–Crippen LogP) is 0.809. The number of H-pyrrole nitrogens is 1. The number of rotatable bonds is 2. The van der Waals surface area contributed by atoms with Crippen molar-refractivity contribution >= 4 is 10.9 Å². The quantitative estimate of drug-likeness (QED) is 0.723. The first kappa shape index (κ1) is 15.7. The molecule has 2 N–H and O–H groups in total. The zero-order valence-corrected chi connectivity index (χ0v) is 14.4. The number of benzene rings is 1. The maximum atomic E-state index is 12.9. The molecule has 1 atom stereocenters. The third-order valence-corrected chi connectivity index (χ3v) is 4.98. The SMILES string of the molecule is COc1c(C2NCCc3c2[nH]c2ccccc32)c(=O)n(C)c(=O)n1C. The Morgan fingerprint density at radius 3 is 2.68 bits per heavy atom. The van der Waals surface area contributed by atoms with Crippen LogP contribution in [0.2, 0.25) is 0 Å². The number of aromatic nitrogens is 3. The molecule has 25 heavy (non-hydrogen) atoms. The van der Waals surface area contributed by atoms with E-state index in [0.29, 0.717) is 5.56 Å². The molecule has 7 nitrogen and oxygen atoms in total. The normalized spacial score (nSPS) is 16.8. The van der Waals surface area contributed by atoms with Crippen LogP contribution in [0.25, 0.3) is 10.9 Å². The fraction of sp³-hybridized carbons (Fsp3) is 0.333. The van der Waals surface area contributed by atoms with Crippen molar-refractivity contribution in [2.75, 3.05) is 13.7 Å². The van der Waals surface area contributed by atoms with Crippen LogP contribution < -0.4 is 21.3 Å². The highest BCUT2D eigenvalue weighted by atomic mass is 16.5. The van der Waals surface area contributed by atoms with Crippen molar-refractivity contribution in [1.82, 2.24) is 19.4 Å². The molecule has 1 aromatic carbocycles. The van der Waals surface area contributed by atoms with Crippen molar-refractivity contribution in [2.45, 2.75) is 12.5 Å². The Labute approximate surface area is 143 Å². The van der Waals surface area contributed by atoms with Gasteiger partial charge in [0.05, 0.1) is 13.2 Å². The number of para-hydroxylation sites is 1. The van der Waals surface area contributed by atoms with E-state index >= 15 is 0 Å². The van der Waals surface area contributed by atoms with Crippen LogP contribution in [0.15, 0.2) is 33.9 Å². The van der Waals surface area contributed by atoms with E-state index in [2.05, 4.69) is 16.4 Å². The summed E-state index contributed by atoms with van der Waals surface area (Å²) in [5.41, 5.74) is 2.91. The van der Waals surface area contributed by atoms with Crippen LogP contribution in [0, 0.1) is 0 Å². The Morgan fingerprint density at radius 1 is 1.16 bits per heavy atom. The number of nitrogens with zero attached hydrogens (tertiary/aromatic N) is 2. The van der Waals surface area contributed by atoms with Crippen molar-refractivity contribution in [2.24, 2.45) is 14.1 Å². The molecule has 0 aliphatic carbocycles. The Bertz CT molecular complexity index is 1090. The van der Waals surface area contributed by atoms with Crippen LogP contribution in [-0.4, -0.2) is 27.8 Å². The Balaban J connectivity index is 2.03. The summed E-state index contributed by atoms with van der Waals surface area (Å²) in [6.07, 6.45) is 0.879. The van der Waals surface area contributed by atoms with Crippen molar-refractivity contribution in [3.63, 3.8) is 0 Å². The van der Waals surface area contributed by atoms with Gasteiger partial charge in [-0.3, -0.25) is 13.9 Å². The molecule has 130 valence electrons. The van der Waals surface area contributed by atoms with E-state index in [1.165, 1.54) is 29.7 Å². The number of methoxy groups -OCH3 is 1. The highest BCUT2D eigenvalue weighted by Crippen LogP contribution is 2.34. The second-order valence-corrected chi connectivity index (χ2v) is 6.33. The van der Waals surface area contributed by atoms with E-state index in [0.717, 1.165) is 28.7 Å². The van der Waals surface area contributed by atoms with Gasteiger partial charge in [-0.05, 0) is 18.1 Å². The predicted molar refractivity (Wildman–Crippen MR) is 95.3 cm³/mol. The van der Waals surface area contributed by atoms with Gasteiger partial charge in [-0.2, -0.15) is 0 Å². The van der Waals surface area contributed by atoms with Crippen molar-refractivity contribution in [3.05, 3.63) is 61.9 Å². The van der Waals surface area contributed by atoms with Gasteiger partial charge in [0, 0.05) is 37.2 Å². The first-order chi connectivity index (χ1) is 12.0. The van der Waals surface area contributed by atoms with E-state index < -0.39 is 5.69 Å². The van der Waals surface area contributed by atoms with Gasteiger partial charge in [0.15, 0.2) is 0 Å². The molecule has 0 amide bonds. The maximum absolute atomic E-state index is 12.9. The highest BCUT2D eigenvalue weighted by molar-refractivity contribution is 5.85. The van der Waals surface area contributed by atoms with Gasteiger partial charge in [-0.25, -0.2) is 4.79 Å². The minimum Gasteiger partial charge on any atom is -0.482 e. The summed E-state index contributed by atoms with van der Waals surface area (Å²) in [7, 11) is 4.58. The molecule has 1 aliphatic rings. The Hall–Kier alpha value is -2.80. The van der Waals surface area contributed by atoms with Gasteiger partial charge >= 0.3 is 5.69 Å². The summed E-state index contributed by atoms with van der Waals surface area (Å²) in [6, 6.07) is 7.76. The number of nitrogens with one attached hydrogen (secondary N) is 2. The molecule has 3 aromatic rings. The lowest BCUT2D eigenvalue weighted by Crippen LogP contribution is -2.43. The lowest BCUT2D eigenvalue weighted by atomic mass is 9.95. The molecule has 0 spiro atoms. The standard InChI is InChI=1S/C18H20N4O3/c1-21-16(23)13(17(25-3)22(2)18(21)24)15-14-11(8-9-19-15)10-6-4-5-7-12(10)20-14/h4-7,15,19-20H,8-9H2,1-3H3. The molecule has 0 saturated carbocycles. The molecule has 1 unspecified atom stereocenters. The molecule has 3 heterocycles. The minimum absolute atomic E-state index is 0.289. The monoisotopic (exact) mass is 340 g/mol. The zero-order valence-electron chi connectivity index (χ0n) is 14.4. The summed E-state index contributed by atoms with van der Waals surface area (Å²) in [5, 5.41) is 4.57. The fourth-order valence-corrected chi connectivity index (χ4v) is 3.77. The summed E-state index contributed by atoms with van der Waals surface area (Å²) in [4.78, 5) is 28.5. The number of ether oxygens (including phenoxy) is 1. The molecule has 1 aliphatic heterocycles. The molecule has 4 rings (SSSR count). The Kier molecular flexibility index (Phi) is 3.54. The second kappa shape index (κ2) is 5.63. The van der Waals surface area contributed by atoms with Crippen LogP contribution in [0.5, 0.6) is 5.88 Å². The third-order valence-electron chi connectivity index (χ3n) is 4.98. The first-order valence-electron chi connectivity index (χ1n) is 8.21. The van der Waals surface area contributed by atoms with Crippen LogP contribution in [0.4, 0.5) is 0 Å². The molecule has 7 heteroatoms. The van der Waals surface area contributed by atoms with Crippen molar-refractivity contribution < 1.29 is 4.74 Å². The number of hydrogen-bond acceptors (Lipinski definition) is 4. The summed E-state index contributed by atoms with van der Waals surface area (Å²) >= 11 is 0. The number of aromatic amines is 1. The smallest absolute Gasteiger partial charge is 0.333 e. The van der Waals surface area contributed by atoms with Gasteiger partial charge < -0.3 is 15.0 Å². The summed E-state index contributed by atoms with van der Waals surface area (Å²) < 4.78 is 7.92. The first-order valence-corrected chi connectivity index (χ1v) is 8.21. The maximum Gasteiger partial charge on any atom is 0.333 e. The van der Waals surface area contributed by atoms with Crippen LogP contribution in [0.1, 0.15) is 22.9 Å². The molecule has 0 saturated heterocycles. The zero-order chi connectivity index (χ0) is 17.7. The second-order valence-electron chi connectivity index (χ2n) is 6.33. The average molecular weight is 340 g/mol. The molecule has 2 aromatic heterocycles. The third kappa shape index (κ3) is 2.16. The highest BCUT2D eigenvalue weighted by Gasteiger charge is 2.31.